The van der Waals surface area contributed by atoms with Crippen LogP contribution in [0.3, 0.4) is 0 Å². The molecule has 3 aromatic rings. The van der Waals surface area contributed by atoms with Gasteiger partial charge in [0, 0.05) is 5.02 Å². The molecule has 1 saturated heterocycles. The second kappa shape index (κ2) is 9.38. The maximum Gasteiger partial charge on any atom is 0.339 e. The first-order valence-electron chi connectivity index (χ1n) is 9.52. The average molecular weight is 504 g/mol. The molecule has 2 amide bonds. The van der Waals surface area contributed by atoms with Gasteiger partial charge in [-0.3, -0.25) is 14.5 Å². The third kappa shape index (κ3) is 5.27. The highest BCUT2D eigenvalue weighted by Gasteiger charge is 2.35. The number of rotatable bonds is 6. The van der Waals surface area contributed by atoms with Crippen molar-refractivity contribution in [3.63, 3.8) is 0 Å². The van der Waals surface area contributed by atoms with Crippen LogP contribution in [-0.4, -0.2) is 24.5 Å². The summed E-state index contributed by atoms with van der Waals surface area (Å²) in [7, 11) is -4.02. The van der Waals surface area contributed by atoms with Gasteiger partial charge in [0.2, 0.25) is 0 Å². The van der Waals surface area contributed by atoms with E-state index in [9.17, 15) is 22.4 Å². The van der Waals surface area contributed by atoms with Gasteiger partial charge in [0.25, 0.3) is 11.1 Å². The number of carbonyl (C=O) groups is 2. The van der Waals surface area contributed by atoms with Gasteiger partial charge < -0.3 is 4.18 Å². The van der Waals surface area contributed by atoms with Crippen LogP contribution in [0.25, 0.3) is 6.08 Å². The smallest absolute Gasteiger partial charge is 0.339 e. The Kier molecular flexibility index (Phi) is 6.55. The van der Waals surface area contributed by atoms with E-state index in [1.165, 1.54) is 42.5 Å². The fourth-order valence-electron chi connectivity index (χ4n) is 3.03. The SMILES string of the molecule is O=C1S/C(=C\c2cccc(OS(=O)(=O)c3ccccc3)c2)C(=O)N1Cc1ccc(F)cc1Cl. The Morgan fingerprint density at radius 3 is 2.48 bits per heavy atom. The summed E-state index contributed by atoms with van der Waals surface area (Å²) in [6.07, 6.45) is 1.47. The summed E-state index contributed by atoms with van der Waals surface area (Å²) in [5.41, 5.74) is 0.907. The summed E-state index contributed by atoms with van der Waals surface area (Å²) in [6.45, 7) is -0.0976. The minimum Gasteiger partial charge on any atom is -0.379 e. The highest BCUT2D eigenvalue weighted by atomic mass is 35.5. The zero-order valence-corrected chi connectivity index (χ0v) is 19.2. The van der Waals surface area contributed by atoms with Gasteiger partial charge in [0.15, 0.2) is 0 Å². The van der Waals surface area contributed by atoms with Gasteiger partial charge in [-0.25, -0.2) is 4.39 Å². The Hall–Kier alpha value is -3.14. The number of hydrogen-bond acceptors (Lipinski definition) is 6. The number of imide groups is 1. The first-order valence-corrected chi connectivity index (χ1v) is 12.1. The number of amides is 2. The van der Waals surface area contributed by atoms with Gasteiger partial charge in [0.1, 0.15) is 16.5 Å². The van der Waals surface area contributed by atoms with Crippen LogP contribution in [-0.2, 0) is 21.5 Å². The Bertz CT molecular complexity index is 1380. The zero-order valence-electron chi connectivity index (χ0n) is 16.8. The second-order valence-corrected chi connectivity index (χ2v) is 9.87. The lowest BCUT2D eigenvalue weighted by molar-refractivity contribution is -0.123. The molecule has 3 aromatic carbocycles. The van der Waals surface area contributed by atoms with E-state index in [0.29, 0.717) is 11.1 Å². The summed E-state index contributed by atoms with van der Waals surface area (Å²) < 4.78 is 43.3. The lowest BCUT2D eigenvalue weighted by Gasteiger charge is -2.13. The quantitative estimate of drug-likeness (QED) is 0.327. The van der Waals surface area contributed by atoms with Crippen LogP contribution >= 0.6 is 23.4 Å². The highest BCUT2D eigenvalue weighted by Crippen LogP contribution is 2.34. The monoisotopic (exact) mass is 503 g/mol. The van der Waals surface area contributed by atoms with E-state index >= 15 is 0 Å². The first-order chi connectivity index (χ1) is 15.7. The molecule has 0 aliphatic carbocycles. The van der Waals surface area contributed by atoms with Crippen molar-refractivity contribution < 1.29 is 26.6 Å². The van der Waals surface area contributed by atoms with Crippen LogP contribution < -0.4 is 4.18 Å². The molecular formula is C23H15ClFNO5S2. The van der Waals surface area contributed by atoms with Crippen LogP contribution in [0, 0.1) is 5.82 Å². The molecule has 168 valence electrons. The standard InChI is InChI=1S/C23H15ClFNO5S2/c24-20-13-17(25)10-9-16(20)14-26-22(27)21(32-23(26)28)12-15-5-4-6-18(11-15)31-33(29,30)19-7-2-1-3-8-19/h1-13H,14H2/b21-12-. The molecule has 0 aromatic heterocycles. The molecule has 0 bridgehead atoms. The molecule has 10 heteroatoms. The zero-order chi connectivity index (χ0) is 23.6. The number of hydrogen-bond donors (Lipinski definition) is 0. The van der Waals surface area contributed by atoms with E-state index in [-0.39, 0.29) is 27.1 Å². The molecule has 0 atom stereocenters. The molecule has 0 N–H and O–H groups in total. The predicted molar refractivity (Wildman–Crippen MR) is 124 cm³/mol. The van der Waals surface area contributed by atoms with Gasteiger partial charge in [-0.15, -0.1) is 0 Å². The highest BCUT2D eigenvalue weighted by molar-refractivity contribution is 8.18. The average Bonchev–Trinajstić information content (AvgIpc) is 3.03. The van der Waals surface area contributed by atoms with Crippen molar-refractivity contribution >= 4 is 50.7 Å². The third-order valence-electron chi connectivity index (χ3n) is 4.61. The van der Waals surface area contributed by atoms with E-state index < -0.39 is 27.1 Å². The van der Waals surface area contributed by atoms with Crippen molar-refractivity contribution in [3.05, 3.63) is 99.7 Å². The lowest BCUT2D eigenvalue weighted by Crippen LogP contribution is -2.27. The van der Waals surface area contributed by atoms with Gasteiger partial charge in [-0.05, 0) is 65.4 Å². The molecule has 0 saturated carbocycles. The third-order valence-corrected chi connectivity index (χ3v) is 7.13. The Morgan fingerprint density at radius 2 is 1.76 bits per heavy atom. The summed E-state index contributed by atoms with van der Waals surface area (Å²) in [5, 5.41) is -0.381. The van der Waals surface area contributed by atoms with E-state index in [1.807, 2.05) is 0 Å². The number of thioether (sulfide) groups is 1. The van der Waals surface area contributed by atoms with Gasteiger partial charge >= 0.3 is 10.1 Å². The summed E-state index contributed by atoms with van der Waals surface area (Å²) in [6, 6.07) is 17.6. The number of nitrogens with zero attached hydrogens (tertiary/aromatic N) is 1. The van der Waals surface area contributed by atoms with Crippen LogP contribution in [0.15, 0.2) is 82.6 Å². The minimum absolute atomic E-state index is 0.0102. The van der Waals surface area contributed by atoms with E-state index in [0.717, 1.165) is 22.7 Å². The van der Waals surface area contributed by atoms with Crippen molar-refractivity contribution in [1.29, 1.82) is 0 Å². The maximum absolute atomic E-state index is 13.3. The van der Waals surface area contributed by atoms with E-state index in [1.54, 1.807) is 30.3 Å². The van der Waals surface area contributed by atoms with Gasteiger partial charge in [-0.1, -0.05) is 48.0 Å². The fourth-order valence-corrected chi connectivity index (χ4v) is 5.04. The van der Waals surface area contributed by atoms with Gasteiger partial charge in [0.05, 0.1) is 11.4 Å². The normalized spacial score (nSPS) is 15.3. The molecule has 6 nitrogen and oxygen atoms in total. The number of halogens is 2. The maximum atomic E-state index is 13.3. The van der Waals surface area contributed by atoms with Gasteiger partial charge in [-0.2, -0.15) is 8.42 Å². The van der Waals surface area contributed by atoms with E-state index in [4.69, 9.17) is 15.8 Å². The Balaban J connectivity index is 1.53. The molecule has 33 heavy (non-hydrogen) atoms. The van der Waals surface area contributed by atoms with Crippen molar-refractivity contribution in [1.82, 2.24) is 4.90 Å². The molecule has 0 radical (unpaired) electrons. The van der Waals surface area contributed by atoms with Crippen molar-refractivity contribution in [2.24, 2.45) is 0 Å². The molecule has 4 rings (SSSR count). The number of benzene rings is 3. The van der Waals surface area contributed by atoms with Crippen LogP contribution in [0.1, 0.15) is 11.1 Å². The largest absolute Gasteiger partial charge is 0.379 e. The van der Waals surface area contributed by atoms with E-state index in [2.05, 4.69) is 0 Å². The molecule has 0 spiro atoms. The second-order valence-electron chi connectivity index (χ2n) is 6.93. The van der Waals surface area contributed by atoms with Crippen molar-refractivity contribution in [2.45, 2.75) is 11.4 Å². The Morgan fingerprint density at radius 1 is 1.00 bits per heavy atom. The number of carbonyl (C=O) groups excluding carboxylic acids is 2. The molecular weight excluding hydrogens is 489 g/mol. The lowest BCUT2D eigenvalue weighted by atomic mass is 10.2. The minimum atomic E-state index is -4.02. The molecule has 1 fully saturated rings. The topological polar surface area (TPSA) is 80.8 Å². The van der Waals surface area contributed by atoms with Crippen LogP contribution in [0.5, 0.6) is 5.75 Å². The van der Waals surface area contributed by atoms with Crippen LogP contribution in [0.4, 0.5) is 9.18 Å². The summed E-state index contributed by atoms with van der Waals surface area (Å²) >= 11 is 6.75. The molecule has 1 aliphatic rings. The molecule has 0 unspecified atom stereocenters. The first kappa shape index (κ1) is 23.0. The van der Waals surface area contributed by atoms with Crippen molar-refractivity contribution in [3.8, 4) is 5.75 Å². The van der Waals surface area contributed by atoms with Crippen molar-refractivity contribution in [2.75, 3.05) is 0 Å². The summed E-state index contributed by atoms with van der Waals surface area (Å²) in [5.74, 6) is -0.993. The Labute approximate surface area is 198 Å². The van der Waals surface area contributed by atoms with Crippen LogP contribution in [0.2, 0.25) is 5.02 Å². The molecule has 1 heterocycles. The fraction of sp³-hybridized carbons (Fsp3) is 0.0435. The predicted octanol–water partition coefficient (Wildman–Crippen LogP) is 5.48. The molecule has 1 aliphatic heterocycles. The summed E-state index contributed by atoms with van der Waals surface area (Å²) in [4.78, 5) is 26.3.